The third-order valence-electron chi connectivity index (χ3n) is 4.88. The van der Waals surface area contributed by atoms with E-state index >= 15 is 0 Å². The Kier molecular flexibility index (Phi) is 6.83. The Labute approximate surface area is 169 Å². The summed E-state index contributed by atoms with van der Waals surface area (Å²) in [5.41, 5.74) is 2.10. The fourth-order valence-electron chi connectivity index (χ4n) is 3.54. The van der Waals surface area contributed by atoms with E-state index in [4.69, 9.17) is 9.47 Å². The second-order valence-corrected chi connectivity index (χ2v) is 7.58. The highest BCUT2D eigenvalue weighted by molar-refractivity contribution is 7.08. The molecule has 1 aliphatic heterocycles. The van der Waals surface area contributed by atoms with Gasteiger partial charge in [-0.15, -0.1) is 0 Å². The Morgan fingerprint density at radius 2 is 2.14 bits per heavy atom. The van der Waals surface area contributed by atoms with E-state index in [1.807, 2.05) is 30.5 Å². The van der Waals surface area contributed by atoms with Crippen molar-refractivity contribution in [2.24, 2.45) is 0 Å². The monoisotopic (exact) mass is 402 g/mol. The van der Waals surface area contributed by atoms with E-state index in [1.165, 1.54) is 7.11 Å². The number of hydrogen-bond acceptors (Lipinski definition) is 5. The van der Waals surface area contributed by atoms with Gasteiger partial charge in [0.25, 0.3) is 5.91 Å². The Balaban J connectivity index is 1.94. The first-order valence-corrected chi connectivity index (χ1v) is 10.3. The number of likely N-dealkylation sites (N-methyl/N-ethyl adjacent to an activating group) is 1. The number of rotatable bonds is 7. The van der Waals surface area contributed by atoms with Crippen LogP contribution in [0.25, 0.3) is 11.1 Å². The summed E-state index contributed by atoms with van der Waals surface area (Å²) >= 11 is 1.64. The van der Waals surface area contributed by atoms with Crippen LogP contribution < -0.4 is 5.32 Å². The summed E-state index contributed by atoms with van der Waals surface area (Å²) in [6.07, 6.45) is 0.390. The zero-order chi connectivity index (χ0) is 20.0. The molecule has 28 heavy (non-hydrogen) atoms. The number of carbonyl (C=O) groups excluding carboxylic acids is 2. The number of benzene rings is 1. The van der Waals surface area contributed by atoms with Crippen molar-refractivity contribution < 1.29 is 19.1 Å². The third-order valence-corrected chi connectivity index (χ3v) is 5.57. The van der Waals surface area contributed by atoms with Crippen LogP contribution in [0.15, 0.2) is 41.1 Å². The Hall–Kier alpha value is -2.22. The van der Waals surface area contributed by atoms with Crippen LogP contribution in [0.1, 0.15) is 12.5 Å². The van der Waals surface area contributed by atoms with Crippen LogP contribution >= 0.6 is 11.3 Å². The number of hydrogen-bond donors (Lipinski definition) is 1. The molecule has 1 saturated heterocycles. The largest absolute Gasteiger partial charge is 0.375 e. The van der Waals surface area contributed by atoms with Gasteiger partial charge in [-0.2, -0.15) is 11.3 Å². The van der Waals surface area contributed by atoms with Gasteiger partial charge in [0.05, 0.1) is 13.2 Å². The van der Waals surface area contributed by atoms with Crippen molar-refractivity contribution in [2.45, 2.75) is 18.9 Å². The average Bonchev–Trinajstić information content (AvgIpc) is 3.23. The van der Waals surface area contributed by atoms with Gasteiger partial charge in [0.2, 0.25) is 5.91 Å². The predicted molar refractivity (Wildman–Crippen MR) is 109 cm³/mol. The van der Waals surface area contributed by atoms with Gasteiger partial charge < -0.3 is 19.7 Å². The lowest BCUT2D eigenvalue weighted by Crippen LogP contribution is -2.62. The number of nitrogens with one attached hydrogen (secondary N) is 1. The summed E-state index contributed by atoms with van der Waals surface area (Å²) in [6, 6.07) is 10.1. The van der Waals surface area contributed by atoms with Gasteiger partial charge in [-0.1, -0.05) is 24.3 Å². The molecule has 150 valence electrons. The molecule has 2 aromatic rings. The molecule has 7 heteroatoms. The summed E-state index contributed by atoms with van der Waals surface area (Å²) in [5.74, 6) is -0.323. The molecule has 1 fully saturated rings. The summed E-state index contributed by atoms with van der Waals surface area (Å²) in [6.45, 7) is 3.35. The standard InChI is InChI=1S/C21H26N2O4S/c1-3-22-20(25)21(15-23(9-10-27-21)19(24)13-26-2)12-16-6-4-5-7-18(16)17-8-11-28-14-17/h4-8,11,14H,3,9-10,12-13,15H2,1-2H3,(H,22,25)/t21-/m1/s1. The van der Waals surface area contributed by atoms with E-state index in [2.05, 4.69) is 22.8 Å². The summed E-state index contributed by atoms with van der Waals surface area (Å²) in [5, 5.41) is 7.02. The maximum Gasteiger partial charge on any atom is 0.254 e. The molecular formula is C21H26N2O4S. The molecular weight excluding hydrogens is 376 g/mol. The van der Waals surface area contributed by atoms with Crippen LogP contribution in [0.3, 0.4) is 0 Å². The van der Waals surface area contributed by atoms with Crippen molar-refractivity contribution in [2.75, 3.05) is 40.0 Å². The number of amides is 2. The van der Waals surface area contributed by atoms with Gasteiger partial charge in [0, 0.05) is 26.6 Å². The van der Waals surface area contributed by atoms with Gasteiger partial charge in [0.15, 0.2) is 5.60 Å². The van der Waals surface area contributed by atoms with E-state index in [-0.39, 0.29) is 25.0 Å². The van der Waals surface area contributed by atoms with Crippen molar-refractivity contribution in [3.8, 4) is 11.1 Å². The zero-order valence-corrected chi connectivity index (χ0v) is 17.1. The Morgan fingerprint density at radius 1 is 1.32 bits per heavy atom. The van der Waals surface area contributed by atoms with E-state index < -0.39 is 5.60 Å². The van der Waals surface area contributed by atoms with Crippen LogP contribution in [0.2, 0.25) is 0 Å². The summed E-state index contributed by atoms with van der Waals surface area (Å²) in [7, 11) is 1.49. The van der Waals surface area contributed by atoms with Gasteiger partial charge in [-0.25, -0.2) is 0 Å². The van der Waals surface area contributed by atoms with E-state index in [1.54, 1.807) is 16.2 Å². The number of nitrogens with zero attached hydrogens (tertiary/aromatic N) is 1. The quantitative estimate of drug-likeness (QED) is 0.772. The van der Waals surface area contributed by atoms with Gasteiger partial charge >= 0.3 is 0 Å². The number of methoxy groups -OCH3 is 1. The molecule has 1 aromatic heterocycles. The smallest absolute Gasteiger partial charge is 0.254 e. The molecule has 0 unspecified atom stereocenters. The molecule has 0 saturated carbocycles. The van der Waals surface area contributed by atoms with Crippen LogP contribution in [0, 0.1) is 0 Å². The second-order valence-electron chi connectivity index (χ2n) is 6.80. The number of morpholine rings is 1. The third kappa shape index (κ3) is 4.43. The van der Waals surface area contributed by atoms with E-state index in [9.17, 15) is 9.59 Å². The van der Waals surface area contributed by atoms with Gasteiger partial charge in [0.1, 0.15) is 6.61 Å². The molecule has 1 aromatic carbocycles. The van der Waals surface area contributed by atoms with Crippen LogP contribution in [-0.4, -0.2) is 62.3 Å². The SMILES string of the molecule is CCNC(=O)[C@@]1(Cc2ccccc2-c2ccsc2)CN(C(=O)COC)CCO1. The molecule has 2 heterocycles. The van der Waals surface area contributed by atoms with Crippen molar-refractivity contribution in [3.63, 3.8) is 0 Å². The second kappa shape index (κ2) is 9.32. The fraction of sp³-hybridized carbons (Fsp3) is 0.429. The maximum absolute atomic E-state index is 13.0. The molecule has 6 nitrogen and oxygen atoms in total. The molecule has 3 rings (SSSR count). The lowest BCUT2D eigenvalue weighted by molar-refractivity contribution is -0.167. The first-order valence-electron chi connectivity index (χ1n) is 9.39. The minimum atomic E-state index is -1.12. The molecule has 0 aliphatic carbocycles. The van der Waals surface area contributed by atoms with Gasteiger partial charge in [-0.3, -0.25) is 9.59 Å². The number of thiophene rings is 1. The van der Waals surface area contributed by atoms with Crippen LogP contribution in [0.4, 0.5) is 0 Å². The predicted octanol–water partition coefficient (Wildman–Crippen LogP) is 2.34. The van der Waals surface area contributed by atoms with Crippen molar-refractivity contribution >= 4 is 23.2 Å². The lowest BCUT2D eigenvalue weighted by atomic mass is 9.87. The average molecular weight is 403 g/mol. The van der Waals surface area contributed by atoms with Crippen LogP contribution in [0.5, 0.6) is 0 Å². The molecule has 1 aliphatic rings. The molecule has 0 bridgehead atoms. The molecule has 1 N–H and O–H groups in total. The topological polar surface area (TPSA) is 67.9 Å². The highest BCUT2D eigenvalue weighted by Crippen LogP contribution is 2.31. The zero-order valence-electron chi connectivity index (χ0n) is 16.3. The molecule has 0 spiro atoms. The Morgan fingerprint density at radius 3 is 2.86 bits per heavy atom. The Bertz CT molecular complexity index is 808. The van der Waals surface area contributed by atoms with Crippen molar-refractivity contribution in [1.82, 2.24) is 10.2 Å². The molecule has 0 radical (unpaired) electrons. The normalized spacial score (nSPS) is 19.4. The first-order chi connectivity index (χ1) is 13.6. The fourth-order valence-corrected chi connectivity index (χ4v) is 4.20. The molecule has 2 amide bonds. The number of ether oxygens (including phenoxy) is 2. The highest BCUT2D eigenvalue weighted by Gasteiger charge is 2.45. The summed E-state index contributed by atoms with van der Waals surface area (Å²) < 4.78 is 11.1. The van der Waals surface area contributed by atoms with Gasteiger partial charge in [-0.05, 0) is 40.4 Å². The molecule has 1 atom stereocenters. The van der Waals surface area contributed by atoms with Crippen LogP contribution in [-0.2, 0) is 25.5 Å². The highest BCUT2D eigenvalue weighted by atomic mass is 32.1. The lowest BCUT2D eigenvalue weighted by Gasteiger charge is -2.41. The van der Waals surface area contributed by atoms with Crippen molar-refractivity contribution in [1.29, 1.82) is 0 Å². The minimum absolute atomic E-state index is 0.00301. The first kappa shape index (κ1) is 20.5. The van der Waals surface area contributed by atoms with E-state index in [0.29, 0.717) is 26.1 Å². The summed E-state index contributed by atoms with van der Waals surface area (Å²) in [4.78, 5) is 27.1. The van der Waals surface area contributed by atoms with E-state index in [0.717, 1.165) is 16.7 Å². The minimum Gasteiger partial charge on any atom is -0.375 e. The van der Waals surface area contributed by atoms with Crippen molar-refractivity contribution in [3.05, 3.63) is 46.7 Å². The maximum atomic E-state index is 13.0. The number of carbonyl (C=O) groups is 2.